The molecular weight excluding hydrogens is 1020 g/mol. The van der Waals surface area contributed by atoms with Crippen molar-refractivity contribution in [2.45, 2.75) is 0 Å². The zero-order chi connectivity index (χ0) is 46.7. The van der Waals surface area contributed by atoms with E-state index in [2.05, 4.69) is 47.8 Å². The maximum atomic E-state index is 5.51. The van der Waals surface area contributed by atoms with E-state index in [0.29, 0.717) is 86.2 Å². The Hall–Kier alpha value is -5.46. The largest absolute Gasteiger partial charge is 0.496 e. The molecule has 6 aromatic carbocycles. The SMILES string of the molecule is COc1cc(OC)c2c(OC)cc(Br)c(OC)c2c1OC.COc1cc(OC)c2c(OC)cc(Br)c(OC)c2c1OC.COc1cc(OC)c2c(OC)cc(Br)c(OC)c2c1OC. The van der Waals surface area contributed by atoms with Crippen LogP contribution < -0.4 is 71.1 Å². The lowest BCUT2D eigenvalue weighted by molar-refractivity contribution is 0.350. The van der Waals surface area contributed by atoms with E-state index in [1.165, 1.54) is 0 Å². The van der Waals surface area contributed by atoms with Crippen LogP contribution in [0.2, 0.25) is 0 Å². The molecule has 0 aromatic heterocycles. The van der Waals surface area contributed by atoms with E-state index < -0.39 is 0 Å². The molecule has 0 heterocycles. The van der Waals surface area contributed by atoms with Crippen LogP contribution in [0, 0.1) is 0 Å². The zero-order valence-electron chi connectivity index (χ0n) is 37.7. The minimum Gasteiger partial charge on any atom is -0.496 e. The number of benzene rings is 6. The highest BCUT2D eigenvalue weighted by atomic mass is 79.9. The fourth-order valence-corrected chi connectivity index (χ4v) is 8.68. The van der Waals surface area contributed by atoms with Gasteiger partial charge in [0.15, 0.2) is 34.5 Å². The third-order valence-electron chi connectivity index (χ3n) is 9.68. The molecule has 0 saturated carbocycles. The molecule has 15 nitrogen and oxygen atoms in total. The molecule has 0 saturated heterocycles. The number of ether oxygens (including phenoxy) is 15. The van der Waals surface area contributed by atoms with Crippen molar-refractivity contribution in [1.29, 1.82) is 0 Å². The Morgan fingerprint density at radius 3 is 0.540 bits per heavy atom. The molecule has 6 aromatic rings. The quantitative estimate of drug-likeness (QED) is 0.0963. The Morgan fingerprint density at radius 2 is 0.381 bits per heavy atom. The second-order valence-corrected chi connectivity index (χ2v) is 15.0. The van der Waals surface area contributed by atoms with Gasteiger partial charge in [-0.2, -0.15) is 0 Å². The molecule has 0 fully saturated rings. The molecule has 0 aliphatic heterocycles. The molecule has 0 unspecified atom stereocenters. The fourth-order valence-electron chi connectivity index (χ4n) is 6.98. The molecule has 0 aliphatic rings. The Kier molecular flexibility index (Phi) is 18.1. The maximum Gasteiger partial charge on any atom is 0.172 e. The second kappa shape index (κ2) is 22.8. The standard InChI is InChI=1S/3C15H17BrO5/c3*1-17-9-6-8(16)14(20-4)13-12(9)10(18-2)7-11(19-3)15(13)21-5/h3*6-7H,1-5H3. The van der Waals surface area contributed by atoms with Crippen LogP contribution in [0.25, 0.3) is 32.3 Å². The molecule has 342 valence electrons. The van der Waals surface area contributed by atoms with Crippen LogP contribution in [0.15, 0.2) is 49.8 Å². The van der Waals surface area contributed by atoms with Gasteiger partial charge in [-0.05, 0) is 66.0 Å². The van der Waals surface area contributed by atoms with Gasteiger partial charge in [0.2, 0.25) is 0 Å². The molecule has 18 heteroatoms. The summed E-state index contributed by atoms with van der Waals surface area (Å²) in [4.78, 5) is 0. The van der Waals surface area contributed by atoms with Crippen LogP contribution in [0.3, 0.4) is 0 Å². The van der Waals surface area contributed by atoms with Gasteiger partial charge >= 0.3 is 0 Å². The summed E-state index contributed by atoms with van der Waals surface area (Å²) in [5, 5.41) is 4.46. The predicted octanol–water partition coefficient (Wildman–Crippen LogP) is 10.9. The zero-order valence-corrected chi connectivity index (χ0v) is 42.5. The van der Waals surface area contributed by atoms with Crippen LogP contribution in [-0.4, -0.2) is 107 Å². The molecule has 6 rings (SSSR count). The van der Waals surface area contributed by atoms with Crippen molar-refractivity contribution in [2.24, 2.45) is 0 Å². The van der Waals surface area contributed by atoms with Crippen LogP contribution in [0.1, 0.15) is 0 Å². The average molecular weight is 1070 g/mol. The lowest BCUT2D eigenvalue weighted by Crippen LogP contribution is -1.99. The Bertz CT molecular complexity index is 2290. The molecule has 0 bridgehead atoms. The first-order valence-electron chi connectivity index (χ1n) is 18.5. The van der Waals surface area contributed by atoms with Crippen molar-refractivity contribution in [3.8, 4) is 86.2 Å². The molecule has 63 heavy (non-hydrogen) atoms. The first-order valence-corrected chi connectivity index (χ1v) is 20.8. The van der Waals surface area contributed by atoms with Gasteiger partial charge in [-0.15, -0.1) is 0 Å². The van der Waals surface area contributed by atoms with E-state index in [1.807, 2.05) is 18.2 Å². The Morgan fingerprint density at radius 1 is 0.206 bits per heavy atom. The fraction of sp³-hybridized carbons (Fsp3) is 0.333. The predicted molar refractivity (Wildman–Crippen MR) is 253 cm³/mol. The highest BCUT2D eigenvalue weighted by Crippen LogP contribution is 2.54. The summed E-state index contributed by atoms with van der Waals surface area (Å²) in [6.07, 6.45) is 0. The molecule has 0 radical (unpaired) electrons. The highest BCUT2D eigenvalue weighted by Gasteiger charge is 2.26. The molecule has 0 amide bonds. The van der Waals surface area contributed by atoms with Crippen molar-refractivity contribution in [3.05, 3.63) is 49.8 Å². The van der Waals surface area contributed by atoms with Gasteiger partial charge in [-0.25, -0.2) is 0 Å². The minimum absolute atomic E-state index is 0.556. The van der Waals surface area contributed by atoms with Crippen molar-refractivity contribution in [2.75, 3.05) is 107 Å². The van der Waals surface area contributed by atoms with E-state index in [0.717, 1.165) is 45.7 Å². The molecular formula is C45H51Br3O15. The smallest absolute Gasteiger partial charge is 0.172 e. The van der Waals surface area contributed by atoms with Crippen molar-refractivity contribution in [3.63, 3.8) is 0 Å². The summed E-state index contributed by atoms with van der Waals surface area (Å²) in [5.74, 6) is 9.02. The summed E-state index contributed by atoms with van der Waals surface area (Å²) < 4.78 is 84.2. The maximum absolute atomic E-state index is 5.51. The van der Waals surface area contributed by atoms with Crippen LogP contribution >= 0.6 is 47.8 Å². The number of rotatable bonds is 15. The summed E-state index contributed by atoms with van der Waals surface area (Å²) >= 11 is 10.5. The van der Waals surface area contributed by atoms with Gasteiger partial charge in [0.1, 0.15) is 51.7 Å². The summed E-state index contributed by atoms with van der Waals surface area (Å²) in [6.45, 7) is 0. The van der Waals surface area contributed by atoms with Gasteiger partial charge in [0.25, 0.3) is 0 Å². The van der Waals surface area contributed by atoms with E-state index in [1.54, 1.807) is 125 Å². The Balaban J connectivity index is 0.000000207. The molecule has 0 spiro atoms. The first kappa shape index (κ1) is 50.2. The summed E-state index contributed by atoms with van der Waals surface area (Å²) in [6, 6.07) is 10.8. The van der Waals surface area contributed by atoms with Gasteiger partial charge in [0, 0.05) is 18.2 Å². The molecule has 0 atom stereocenters. The van der Waals surface area contributed by atoms with Crippen LogP contribution in [-0.2, 0) is 0 Å². The number of hydrogen-bond acceptors (Lipinski definition) is 15. The van der Waals surface area contributed by atoms with E-state index >= 15 is 0 Å². The van der Waals surface area contributed by atoms with Gasteiger partial charge in [-0.1, -0.05) is 0 Å². The average Bonchev–Trinajstić information content (AvgIpc) is 3.31. The number of halogens is 3. The number of methoxy groups -OCH3 is 15. The van der Waals surface area contributed by atoms with Crippen LogP contribution in [0.4, 0.5) is 0 Å². The third-order valence-corrected chi connectivity index (χ3v) is 11.4. The van der Waals surface area contributed by atoms with Gasteiger partial charge < -0.3 is 71.1 Å². The highest BCUT2D eigenvalue weighted by molar-refractivity contribution is 9.11. The van der Waals surface area contributed by atoms with Gasteiger partial charge in [0.05, 0.1) is 152 Å². The van der Waals surface area contributed by atoms with Crippen molar-refractivity contribution in [1.82, 2.24) is 0 Å². The van der Waals surface area contributed by atoms with Gasteiger partial charge in [-0.3, -0.25) is 0 Å². The normalized spacial score (nSPS) is 10.4. The summed E-state index contributed by atoms with van der Waals surface area (Å²) in [5.41, 5.74) is 0. The second-order valence-electron chi connectivity index (χ2n) is 12.5. The lowest BCUT2D eigenvalue weighted by Gasteiger charge is -2.19. The Labute approximate surface area is 391 Å². The number of fused-ring (bicyclic) bond motifs is 3. The third kappa shape index (κ3) is 9.57. The monoisotopic (exact) mass is 1070 g/mol. The lowest BCUT2D eigenvalue weighted by atomic mass is 10.1. The topological polar surface area (TPSA) is 138 Å². The van der Waals surface area contributed by atoms with Crippen LogP contribution in [0.5, 0.6) is 86.2 Å². The van der Waals surface area contributed by atoms with E-state index in [4.69, 9.17) is 71.1 Å². The summed E-state index contributed by atoms with van der Waals surface area (Å²) in [7, 11) is 23.8. The molecule has 0 aliphatic carbocycles. The van der Waals surface area contributed by atoms with E-state index in [-0.39, 0.29) is 0 Å². The van der Waals surface area contributed by atoms with Crippen molar-refractivity contribution >= 4 is 80.1 Å². The first-order chi connectivity index (χ1) is 30.4. The van der Waals surface area contributed by atoms with E-state index in [9.17, 15) is 0 Å². The number of hydrogen-bond donors (Lipinski definition) is 0. The van der Waals surface area contributed by atoms with Crippen molar-refractivity contribution < 1.29 is 71.1 Å². The minimum atomic E-state index is 0.556. The molecule has 0 N–H and O–H groups in total.